The van der Waals surface area contributed by atoms with Gasteiger partial charge in [0, 0.05) is 19.3 Å². The van der Waals surface area contributed by atoms with E-state index in [-0.39, 0.29) is 16.8 Å². The number of ether oxygens (including phenoxy) is 1. The van der Waals surface area contributed by atoms with Gasteiger partial charge in [-0.2, -0.15) is 4.21 Å². The van der Waals surface area contributed by atoms with Crippen LogP contribution in [0.15, 0.2) is 34.2 Å². The number of nitrogens with two attached hydrogens (primary N) is 2. The van der Waals surface area contributed by atoms with Gasteiger partial charge in [-0.25, -0.2) is 4.72 Å². The zero-order valence-electron chi connectivity index (χ0n) is 15.6. The molecule has 1 fully saturated rings. The Morgan fingerprint density at radius 3 is 2.25 bits per heavy atom. The van der Waals surface area contributed by atoms with Gasteiger partial charge >= 0.3 is 6.36 Å². The van der Waals surface area contributed by atoms with Gasteiger partial charge in [0.05, 0.1) is 4.90 Å². The topological polar surface area (TPSA) is 123 Å². The van der Waals surface area contributed by atoms with Crippen molar-refractivity contribution < 1.29 is 26.7 Å². The van der Waals surface area contributed by atoms with E-state index >= 15 is 0 Å². The maximum atomic E-state index is 13.0. The second kappa shape index (κ2) is 8.26. The van der Waals surface area contributed by atoms with Crippen LogP contribution in [0.3, 0.4) is 0 Å². The summed E-state index contributed by atoms with van der Waals surface area (Å²) in [6, 6.07) is 4.36. The van der Waals surface area contributed by atoms with Crippen LogP contribution in [-0.4, -0.2) is 40.4 Å². The number of alkyl halides is 3. The molecule has 7 nitrogen and oxygen atoms in total. The van der Waals surface area contributed by atoms with E-state index < -0.39 is 21.6 Å². The molecule has 1 aromatic rings. The summed E-state index contributed by atoms with van der Waals surface area (Å²) in [6.07, 6.45) is -0.0619. The summed E-state index contributed by atoms with van der Waals surface area (Å²) in [5.74, 6) is 0.249. The fourth-order valence-corrected chi connectivity index (χ4v) is 4.78. The Labute approximate surface area is 162 Å². The first kappa shape index (κ1) is 22.4. The Morgan fingerprint density at radius 1 is 1.21 bits per heavy atom. The van der Waals surface area contributed by atoms with Crippen molar-refractivity contribution in [2.24, 2.45) is 28.3 Å². The average molecular weight is 424 g/mol. The number of benzene rings is 1. The SMILES string of the molecule is CS(=O)(O)(NCC1CCC(CN=C(N)N)CC1)c1ccc(OC(F)(F)F)cc1. The van der Waals surface area contributed by atoms with Crippen molar-refractivity contribution in [3.8, 4) is 5.75 Å². The highest BCUT2D eigenvalue weighted by Gasteiger charge is 2.32. The zero-order valence-corrected chi connectivity index (χ0v) is 16.4. The minimum atomic E-state index is -4.81. The molecule has 0 aromatic heterocycles. The molecule has 0 saturated heterocycles. The van der Waals surface area contributed by atoms with Gasteiger partial charge < -0.3 is 16.2 Å². The smallest absolute Gasteiger partial charge is 0.406 e. The maximum Gasteiger partial charge on any atom is 0.573 e. The standard InChI is InChI=1S/C17H27F3N4O3S/c1-28(25,26,15-8-6-14(7-9-15)27-17(18,19)20)24-11-13-4-2-12(3-5-13)10-23-16(21)22/h6-9,12-13H,2-5,10-11H2,1H3,(H4,21,22,23)(H2,24,25,26). The first-order valence-corrected chi connectivity index (χ1v) is 11.2. The van der Waals surface area contributed by atoms with Gasteiger partial charge in [0.1, 0.15) is 5.75 Å². The summed E-state index contributed by atoms with van der Waals surface area (Å²) in [7, 11) is -4.39. The first-order valence-electron chi connectivity index (χ1n) is 8.88. The predicted octanol–water partition coefficient (Wildman–Crippen LogP) is 2.45. The third-order valence-electron chi connectivity index (χ3n) is 4.82. The summed E-state index contributed by atoms with van der Waals surface area (Å²) < 4.78 is 66.9. The molecule has 1 aliphatic rings. The molecule has 11 heteroatoms. The van der Waals surface area contributed by atoms with Gasteiger partial charge in [0.15, 0.2) is 5.96 Å². The predicted molar refractivity (Wildman–Crippen MR) is 102 cm³/mol. The summed E-state index contributed by atoms with van der Waals surface area (Å²) in [4.78, 5) is 4.04. The second-order valence-electron chi connectivity index (χ2n) is 7.30. The maximum absolute atomic E-state index is 13.0. The molecule has 6 N–H and O–H groups in total. The van der Waals surface area contributed by atoms with Crippen molar-refractivity contribution in [3.63, 3.8) is 0 Å². The lowest BCUT2D eigenvalue weighted by Gasteiger charge is -2.41. The molecule has 0 aliphatic heterocycles. The zero-order chi connectivity index (χ0) is 21.0. The number of nitrogens with zero attached hydrogens (tertiary/aromatic N) is 1. The van der Waals surface area contributed by atoms with Crippen LogP contribution in [0.2, 0.25) is 0 Å². The molecule has 160 valence electrons. The molecular weight excluding hydrogens is 397 g/mol. The molecule has 28 heavy (non-hydrogen) atoms. The number of guanidine groups is 1. The van der Waals surface area contributed by atoms with Gasteiger partial charge in [-0.3, -0.25) is 9.55 Å². The van der Waals surface area contributed by atoms with Crippen LogP contribution in [0.1, 0.15) is 25.7 Å². The fraction of sp³-hybridized carbons (Fsp3) is 0.588. The van der Waals surface area contributed by atoms with Crippen LogP contribution in [0, 0.1) is 11.8 Å². The van der Waals surface area contributed by atoms with Crippen molar-refractivity contribution in [1.29, 1.82) is 0 Å². The number of halogens is 3. The quantitative estimate of drug-likeness (QED) is 0.396. The molecule has 0 heterocycles. The molecular formula is C17H27F3N4O3S. The lowest BCUT2D eigenvalue weighted by Crippen LogP contribution is -2.48. The number of rotatable bonds is 7. The van der Waals surface area contributed by atoms with Crippen LogP contribution < -0.4 is 20.9 Å². The minimum Gasteiger partial charge on any atom is -0.406 e. The second-order valence-corrected chi connectivity index (χ2v) is 10.6. The monoisotopic (exact) mass is 424 g/mol. The Kier molecular flexibility index (Phi) is 6.62. The fourth-order valence-electron chi connectivity index (χ4n) is 3.21. The minimum absolute atomic E-state index is 0.00738. The van der Waals surface area contributed by atoms with E-state index in [2.05, 4.69) is 14.5 Å². The van der Waals surface area contributed by atoms with Crippen molar-refractivity contribution in [2.45, 2.75) is 36.9 Å². The van der Waals surface area contributed by atoms with Crippen molar-refractivity contribution in [1.82, 2.24) is 4.72 Å². The summed E-state index contributed by atoms with van der Waals surface area (Å²) >= 11 is 0. The van der Waals surface area contributed by atoms with E-state index in [1.54, 1.807) is 0 Å². The third-order valence-corrected chi connectivity index (χ3v) is 7.05. The van der Waals surface area contributed by atoms with E-state index in [1.165, 1.54) is 0 Å². The number of hydrogen-bond donors (Lipinski definition) is 4. The Morgan fingerprint density at radius 2 is 1.75 bits per heavy atom. The van der Waals surface area contributed by atoms with Gasteiger partial charge in [-0.15, -0.1) is 22.7 Å². The highest BCUT2D eigenvalue weighted by Crippen LogP contribution is 2.32. The van der Waals surface area contributed by atoms with Gasteiger partial charge in [-0.05, 0) is 61.8 Å². The highest BCUT2D eigenvalue weighted by molar-refractivity contribution is 8.12. The van der Waals surface area contributed by atoms with Crippen LogP contribution in [-0.2, 0) is 9.53 Å². The molecule has 0 radical (unpaired) electrons. The van der Waals surface area contributed by atoms with E-state index in [0.717, 1.165) is 56.2 Å². The Hall–Kier alpha value is -1.85. The molecule has 0 spiro atoms. The molecule has 1 aliphatic carbocycles. The van der Waals surface area contributed by atoms with Crippen LogP contribution in [0.25, 0.3) is 0 Å². The molecule has 0 amide bonds. The third kappa shape index (κ3) is 6.95. The molecule has 2 rings (SSSR count). The molecule has 1 aromatic carbocycles. The lowest BCUT2D eigenvalue weighted by atomic mass is 9.82. The lowest BCUT2D eigenvalue weighted by molar-refractivity contribution is -0.274. The van der Waals surface area contributed by atoms with E-state index in [1.807, 2.05) is 0 Å². The first-order chi connectivity index (χ1) is 12.8. The van der Waals surface area contributed by atoms with Crippen LogP contribution in [0.5, 0.6) is 5.75 Å². The van der Waals surface area contributed by atoms with Crippen molar-refractivity contribution in [2.75, 3.05) is 19.3 Å². The number of hydrogen-bond acceptors (Lipinski definition) is 3. The highest BCUT2D eigenvalue weighted by atomic mass is 32.3. The molecule has 0 atom stereocenters. The number of aliphatic imine (C=N–C) groups is 1. The molecule has 0 unspecified atom stereocenters. The summed E-state index contributed by atoms with van der Waals surface area (Å²) in [6.45, 7) is 0.913. The average Bonchev–Trinajstić information content (AvgIpc) is 2.58. The van der Waals surface area contributed by atoms with Gasteiger partial charge in [0.2, 0.25) is 0 Å². The van der Waals surface area contributed by atoms with E-state index in [4.69, 9.17) is 11.5 Å². The summed E-state index contributed by atoms with van der Waals surface area (Å²) in [5, 5.41) is 0. The Balaban J connectivity index is 1.92. The normalized spacial score (nSPS) is 22.1. The van der Waals surface area contributed by atoms with E-state index in [9.17, 15) is 21.9 Å². The summed E-state index contributed by atoms with van der Waals surface area (Å²) in [5.41, 5.74) is 10.7. The van der Waals surface area contributed by atoms with Crippen LogP contribution >= 0.6 is 0 Å². The molecule has 0 bridgehead atoms. The van der Waals surface area contributed by atoms with Crippen molar-refractivity contribution >= 4 is 15.5 Å². The van der Waals surface area contributed by atoms with Gasteiger partial charge in [-0.1, -0.05) is 0 Å². The van der Waals surface area contributed by atoms with Crippen molar-refractivity contribution in [3.05, 3.63) is 24.3 Å². The Bertz CT molecular complexity index is 750. The largest absolute Gasteiger partial charge is 0.573 e. The van der Waals surface area contributed by atoms with Crippen LogP contribution in [0.4, 0.5) is 13.2 Å². The van der Waals surface area contributed by atoms with Gasteiger partial charge in [0.25, 0.3) is 0 Å². The molecule has 1 saturated carbocycles. The van der Waals surface area contributed by atoms with E-state index in [0.29, 0.717) is 19.0 Å². The number of nitrogens with one attached hydrogen (secondary N) is 1.